The van der Waals surface area contributed by atoms with Crippen molar-refractivity contribution in [1.82, 2.24) is 9.97 Å². The maximum absolute atomic E-state index is 12.6. The smallest absolute Gasteiger partial charge is 0.140 e. The highest BCUT2D eigenvalue weighted by Gasteiger charge is 2.18. The summed E-state index contributed by atoms with van der Waals surface area (Å²) in [7, 11) is 0. The Hall–Kier alpha value is -2.68. The van der Waals surface area contributed by atoms with Crippen LogP contribution in [0.3, 0.4) is 0 Å². The molecule has 0 saturated carbocycles. The van der Waals surface area contributed by atoms with Gasteiger partial charge in [-0.1, -0.05) is 61.0 Å². The van der Waals surface area contributed by atoms with E-state index in [0.717, 1.165) is 24.1 Å². The highest BCUT2D eigenvalue weighted by Crippen LogP contribution is 2.21. The van der Waals surface area contributed by atoms with Crippen molar-refractivity contribution in [2.24, 2.45) is 5.92 Å². The van der Waals surface area contributed by atoms with Crippen molar-refractivity contribution in [3.05, 3.63) is 77.9 Å². The molecule has 0 bridgehead atoms. The van der Waals surface area contributed by atoms with Crippen LogP contribution >= 0.6 is 0 Å². The Morgan fingerprint density at radius 2 is 1.68 bits per heavy atom. The number of Topliss-reactive ketones (excluding diaryl/α,β-unsaturated/α-hetero) is 1. The summed E-state index contributed by atoms with van der Waals surface area (Å²) in [5, 5.41) is 0. The van der Waals surface area contributed by atoms with Gasteiger partial charge in [0.2, 0.25) is 0 Å². The molecule has 1 heterocycles. The normalized spacial score (nSPS) is 12.1. The lowest BCUT2D eigenvalue weighted by Crippen LogP contribution is -2.18. The number of carbonyl (C=O) groups is 1. The van der Waals surface area contributed by atoms with Gasteiger partial charge in [0, 0.05) is 24.2 Å². The van der Waals surface area contributed by atoms with E-state index in [1.165, 1.54) is 16.7 Å². The van der Waals surface area contributed by atoms with Crippen LogP contribution in [0.4, 0.5) is 0 Å². The summed E-state index contributed by atoms with van der Waals surface area (Å²) < 4.78 is 0. The van der Waals surface area contributed by atoms with Crippen LogP contribution in [0, 0.1) is 12.8 Å². The second-order valence-corrected chi connectivity index (χ2v) is 6.59. The minimum atomic E-state index is 0.0391. The number of H-pyrrole nitrogens is 1. The van der Waals surface area contributed by atoms with Gasteiger partial charge in [-0.2, -0.15) is 0 Å². The summed E-state index contributed by atoms with van der Waals surface area (Å²) >= 11 is 0. The van der Waals surface area contributed by atoms with Gasteiger partial charge in [-0.3, -0.25) is 4.79 Å². The number of hydrogen-bond acceptors (Lipinski definition) is 2. The number of carbonyl (C=O) groups excluding carboxylic acids is 1. The van der Waals surface area contributed by atoms with Crippen LogP contribution in [-0.4, -0.2) is 15.8 Å². The third kappa shape index (κ3) is 4.44. The Labute approximate surface area is 149 Å². The average Bonchev–Trinajstić information content (AvgIpc) is 3.14. The Morgan fingerprint density at radius 1 is 1.04 bits per heavy atom. The zero-order valence-electron chi connectivity index (χ0n) is 14.8. The number of aromatic nitrogens is 2. The second kappa shape index (κ2) is 7.93. The molecular weight excluding hydrogens is 308 g/mol. The number of nitrogens with one attached hydrogen (secondary N) is 1. The van der Waals surface area contributed by atoms with E-state index >= 15 is 0 Å². The number of nitrogens with zero attached hydrogens (tertiary/aromatic N) is 1. The first kappa shape index (κ1) is 17.2. The Bertz CT molecular complexity index is 802. The molecule has 0 fully saturated rings. The van der Waals surface area contributed by atoms with Gasteiger partial charge in [0.05, 0.1) is 6.33 Å². The molecular formula is C22H24N2O. The maximum atomic E-state index is 12.6. The lowest BCUT2D eigenvalue weighted by atomic mass is 9.91. The summed E-state index contributed by atoms with van der Waals surface area (Å²) in [6, 6.07) is 16.8. The summed E-state index contributed by atoms with van der Waals surface area (Å²) in [6.07, 6.45) is 5.53. The second-order valence-electron chi connectivity index (χ2n) is 6.59. The highest BCUT2D eigenvalue weighted by molar-refractivity contribution is 5.83. The van der Waals surface area contributed by atoms with E-state index in [1.807, 2.05) is 0 Å². The first-order chi connectivity index (χ1) is 12.2. The van der Waals surface area contributed by atoms with Gasteiger partial charge in [-0.25, -0.2) is 4.98 Å². The van der Waals surface area contributed by atoms with E-state index in [1.54, 1.807) is 12.5 Å². The van der Waals surface area contributed by atoms with Gasteiger partial charge < -0.3 is 4.98 Å². The average molecular weight is 332 g/mol. The molecule has 0 spiro atoms. The summed E-state index contributed by atoms with van der Waals surface area (Å²) in [4.78, 5) is 19.7. The van der Waals surface area contributed by atoms with Crippen molar-refractivity contribution in [2.75, 3.05) is 0 Å². The number of benzene rings is 2. The molecule has 3 aromatic rings. The van der Waals surface area contributed by atoms with E-state index in [-0.39, 0.29) is 5.92 Å². The maximum Gasteiger partial charge on any atom is 0.140 e. The molecule has 0 saturated heterocycles. The fraction of sp³-hybridized carbons (Fsp3) is 0.273. The van der Waals surface area contributed by atoms with Crippen molar-refractivity contribution in [1.29, 1.82) is 0 Å². The van der Waals surface area contributed by atoms with Gasteiger partial charge in [0.1, 0.15) is 5.78 Å². The van der Waals surface area contributed by atoms with Crippen LogP contribution in [-0.2, 0) is 17.6 Å². The van der Waals surface area contributed by atoms with Crippen LogP contribution < -0.4 is 0 Å². The Morgan fingerprint density at radius 3 is 2.24 bits per heavy atom. The van der Waals surface area contributed by atoms with E-state index in [2.05, 4.69) is 72.3 Å². The van der Waals surface area contributed by atoms with Crippen molar-refractivity contribution >= 4 is 5.78 Å². The van der Waals surface area contributed by atoms with Crippen molar-refractivity contribution in [3.63, 3.8) is 0 Å². The topological polar surface area (TPSA) is 45.8 Å². The Balaban J connectivity index is 1.65. The number of imidazole rings is 1. The van der Waals surface area contributed by atoms with Crippen LogP contribution in [0.15, 0.2) is 61.1 Å². The van der Waals surface area contributed by atoms with E-state index in [0.29, 0.717) is 12.2 Å². The van der Waals surface area contributed by atoms with Gasteiger partial charge in [0.15, 0.2) is 0 Å². The molecule has 1 N–H and O–H groups in total. The molecule has 0 radical (unpaired) electrons. The van der Waals surface area contributed by atoms with Crippen LogP contribution in [0.1, 0.15) is 30.2 Å². The lowest BCUT2D eigenvalue weighted by molar-refractivity contribution is -0.122. The van der Waals surface area contributed by atoms with Crippen LogP contribution in [0.5, 0.6) is 0 Å². The van der Waals surface area contributed by atoms with Gasteiger partial charge in [-0.15, -0.1) is 0 Å². The van der Waals surface area contributed by atoms with Gasteiger partial charge >= 0.3 is 0 Å². The third-order valence-corrected chi connectivity index (χ3v) is 4.69. The molecule has 0 amide bonds. The van der Waals surface area contributed by atoms with E-state index < -0.39 is 0 Å². The highest BCUT2D eigenvalue weighted by atomic mass is 16.1. The third-order valence-electron chi connectivity index (χ3n) is 4.69. The molecule has 1 unspecified atom stereocenters. The number of rotatable bonds is 7. The standard InChI is InChI=1S/C22H24N2O/c1-3-18(13-21-14-23-15-24-21)22(25)12-17-6-10-20(11-7-17)19-8-4-16(2)5-9-19/h4-11,14-15,18H,3,12-13H2,1-2H3,(H,23,24). The minimum Gasteiger partial charge on any atom is -0.348 e. The first-order valence-electron chi connectivity index (χ1n) is 8.81. The fourth-order valence-electron chi connectivity index (χ4n) is 3.05. The van der Waals surface area contributed by atoms with E-state index in [4.69, 9.17) is 0 Å². The predicted molar refractivity (Wildman–Crippen MR) is 101 cm³/mol. The van der Waals surface area contributed by atoms with Crippen molar-refractivity contribution < 1.29 is 4.79 Å². The molecule has 3 nitrogen and oxygen atoms in total. The summed E-state index contributed by atoms with van der Waals surface area (Å²) in [5.74, 6) is 0.331. The number of ketones is 1. The van der Waals surface area contributed by atoms with Crippen LogP contribution in [0.25, 0.3) is 11.1 Å². The molecule has 1 atom stereocenters. The molecule has 0 aliphatic carbocycles. The summed E-state index contributed by atoms with van der Waals surface area (Å²) in [5.41, 5.74) is 5.74. The fourth-order valence-corrected chi connectivity index (χ4v) is 3.05. The number of hydrogen-bond donors (Lipinski definition) is 1. The monoisotopic (exact) mass is 332 g/mol. The van der Waals surface area contributed by atoms with Crippen molar-refractivity contribution in [3.8, 4) is 11.1 Å². The Kier molecular flexibility index (Phi) is 5.44. The molecule has 3 heteroatoms. The van der Waals surface area contributed by atoms with Crippen LogP contribution in [0.2, 0.25) is 0 Å². The van der Waals surface area contributed by atoms with E-state index in [9.17, 15) is 4.79 Å². The largest absolute Gasteiger partial charge is 0.348 e. The molecule has 25 heavy (non-hydrogen) atoms. The molecule has 0 aliphatic heterocycles. The van der Waals surface area contributed by atoms with Gasteiger partial charge in [-0.05, 0) is 36.5 Å². The number of aromatic amines is 1. The molecule has 0 aliphatic rings. The molecule has 3 rings (SSSR count). The quantitative estimate of drug-likeness (QED) is 0.677. The van der Waals surface area contributed by atoms with Crippen molar-refractivity contribution in [2.45, 2.75) is 33.1 Å². The summed E-state index contributed by atoms with van der Waals surface area (Å²) in [6.45, 7) is 4.16. The van der Waals surface area contributed by atoms with Gasteiger partial charge in [0.25, 0.3) is 0 Å². The molecule has 2 aromatic carbocycles. The lowest BCUT2D eigenvalue weighted by Gasteiger charge is -2.13. The predicted octanol–water partition coefficient (Wildman–Crippen LogP) is 4.77. The first-order valence-corrected chi connectivity index (χ1v) is 8.81. The SMILES string of the molecule is CCC(Cc1cnc[nH]1)C(=O)Cc1ccc(-c2ccc(C)cc2)cc1. The number of aryl methyl sites for hydroxylation is 1. The zero-order chi connectivity index (χ0) is 17.6. The minimum absolute atomic E-state index is 0.0391. The zero-order valence-corrected chi connectivity index (χ0v) is 14.8. The molecule has 128 valence electrons. The molecule has 1 aromatic heterocycles.